The van der Waals surface area contributed by atoms with Gasteiger partial charge >= 0.3 is 0 Å². The molecule has 1 aromatic carbocycles. The smallest absolute Gasteiger partial charge is 0.288 e. The van der Waals surface area contributed by atoms with Crippen LogP contribution in [0.2, 0.25) is 0 Å². The van der Waals surface area contributed by atoms with Crippen LogP contribution in [0.25, 0.3) is 10.9 Å². The van der Waals surface area contributed by atoms with E-state index in [2.05, 4.69) is 10.2 Å². The van der Waals surface area contributed by atoms with Crippen molar-refractivity contribution in [2.45, 2.75) is 17.9 Å². The van der Waals surface area contributed by atoms with E-state index < -0.39 is 11.0 Å². The molecule has 6 nitrogen and oxygen atoms in total. The zero-order valence-electron chi connectivity index (χ0n) is 12.7. The Kier molecular flexibility index (Phi) is 3.39. The van der Waals surface area contributed by atoms with Gasteiger partial charge in [-0.2, -0.15) is 5.10 Å². The third kappa shape index (κ3) is 2.24. The van der Waals surface area contributed by atoms with E-state index in [1.165, 1.54) is 0 Å². The summed E-state index contributed by atoms with van der Waals surface area (Å²) in [7, 11) is 0.686. The molecule has 1 atom stereocenters. The van der Waals surface area contributed by atoms with Crippen molar-refractivity contribution >= 4 is 21.9 Å². The Labute approximate surface area is 135 Å². The number of nitrogens with zero attached hydrogens (tertiary/aromatic N) is 3. The molecule has 0 aliphatic carbocycles. The van der Waals surface area contributed by atoms with Gasteiger partial charge < -0.3 is 4.57 Å². The lowest BCUT2D eigenvalue weighted by molar-refractivity contribution is 0.410. The van der Waals surface area contributed by atoms with Crippen molar-refractivity contribution in [2.75, 3.05) is 6.54 Å². The molecule has 1 aliphatic rings. The highest BCUT2D eigenvalue weighted by molar-refractivity contribution is 7.82. The summed E-state index contributed by atoms with van der Waals surface area (Å²) in [6.45, 7) is 1.25. The number of hydrogen-bond acceptors (Lipinski definition) is 3. The molecule has 118 valence electrons. The minimum absolute atomic E-state index is 0.185. The van der Waals surface area contributed by atoms with Crippen molar-refractivity contribution in [3.05, 3.63) is 58.1 Å². The van der Waals surface area contributed by atoms with E-state index in [4.69, 9.17) is 0 Å². The van der Waals surface area contributed by atoms with Crippen LogP contribution in [0.15, 0.2) is 46.2 Å². The van der Waals surface area contributed by atoms with Gasteiger partial charge in [0, 0.05) is 24.7 Å². The van der Waals surface area contributed by atoms with Crippen molar-refractivity contribution in [1.29, 1.82) is 0 Å². The molecule has 23 heavy (non-hydrogen) atoms. The van der Waals surface area contributed by atoms with E-state index in [1.54, 1.807) is 6.20 Å². The highest BCUT2D eigenvalue weighted by Gasteiger charge is 2.27. The number of benzene rings is 1. The maximum Gasteiger partial charge on any atom is 0.288 e. The van der Waals surface area contributed by atoms with Crippen LogP contribution in [0.1, 0.15) is 11.3 Å². The molecule has 1 aliphatic heterocycles. The predicted molar refractivity (Wildman–Crippen MR) is 88.3 cm³/mol. The molecule has 3 heterocycles. The van der Waals surface area contributed by atoms with Crippen molar-refractivity contribution in [3.63, 3.8) is 0 Å². The number of fused-ring (bicyclic) bond motifs is 3. The quantitative estimate of drug-likeness (QED) is 0.772. The van der Waals surface area contributed by atoms with Gasteiger partial charge in [-0.1, -0.05) is 18.2 Å². The van der Waals surface area contributed by atoms with Crippen LogP contribution in [0, 0.1) is 0 Å². The van der Waals surface area contributed by atoms with E-state index in [9.17, 15) is 9.00 Å². The number of rotatable bonds is 2. The molecule has 0 saturated carbocycles. The Balaban J connectivity index is 1.76. The van der Waals surface area contributed by atoms with Gasteiger partial charge in [-0.05, 0) is 24.1 Å². The zero-order valence-corrected chi connectivity index (χ0v) is 13.5. The number of aromatic amines is 1. The molecule has 2 aromatic heterocycles. The van der Waals surface area contributed by atoms with Crippen LogP contribution in [0.5, 0.6) is 0 Å². The fraction of sp³-hybridized carbons (Fsp3) is 0.250. The van der Waals surface area contributed by atoms with Crippen molar-refractivity contribution in [3.8, 4) is 0 Å². The minimum Gasteiger partial charge on any atom is -0.342 e. The average Bonchev–Trinajstić information content (AvgIpc) is 2.88. The van der Waals surface area contributed by atoms with Crippen LogP contribution in [0.4, 0.5) is 0 Å². The van der Waals surface area contributed by atoms with E-state index in [0.29, 0.717) is 18.6 Å². The lowest BCUT2D eigenvalue weighted by Crippen LogP contribution is -2.32. The normalized spacial score (nSPS) is 16.4. The highest BCUT2D eigenvalue weighted by Crippen LogP contribution is 2.29. The fourth-order valence-corrected chi connectivity index (χ4v) is 4.41. The summed E-state index contributed by atoms with van der Waals surface area (Å²) >= 11 is 0. The summed E-state index contributed by atoms with van der Waals surface area (Å²) in [5.41, 5.74) is 2.63. The summed E-state index contributed by atoms with van der Waals surface area (Å²) < 4.78 is 16.6. The standard InChI is InChI=1S/C16H16N4O2S/c1-19-14-10-20(23(22)11-5-3-2-4-6-11)8-7-12(14)13-9-17-18-16(21)15(13)19/h2-6,9H,7-8,10H2,1H3,(H,18,21). The second-order valence-electron chi connectivity index (χ2n) is 5.62. The lowest BCUT2D eigenvalue weighted by atomic mass is 10.1. The van der Waals surface area contributed by atoms with Crippen LogP contribution in [-0.4, -0.2) is 29.8 Å². The van der Waals surface area contributed by atoms with Crippen molar-refractivity contribution < 1.29 is 4.21 Å². The Morgan fingerprint density at radius 1 is 1.26 bits per heavy atom. The molecular formula is C16H16N4O2S. The number of aromatic nitrogens is 3. The molecule has 0 radical (unpaired) electrons. The maximum absolute atomic E-state index is 12.8. The molecule has 0 saturated heterocycles. The molecule has 0 spiro atoms. The first kappa shape index (κ1) is 14.3. The van der Waals surface area contributed by atoms with Crippen LogP contribution < -0.4 is 5.56 Å². The lowest BCUT2D eigenvalue weighted by Gasteiger charge is -2.26. The van der Waals surface area contributed by atoms with Gasteiger partial charge in [0.05, 0.1) is 17.6 Å². The van der Waals surface area contributed by atoms with Gasteiger partial charge in [-0.3, -0.25) is 4.79 Å². The summed E-state index contributed by atoms with van der Waals surface area (Å²) in [6, 6.07) is 9.46. The molecular weight excluding hydrogens is 312 g/mol. The largest absolute Gasteiger partial charge is 0.342 e. The second-order valence-corrected chi connectivity index (χ2v) is 7.11. The first-order chi connectivity index (χ1) is 11.2. The van der Waals surface area contributed by atoms with Crippen LogP contribution >= 0.6 is 0 Å². The van der Waals surface area contributed by atoms with E-state index in [0.717, 1.165) is 28.0 Å². The summed E-state index contributed by atoms with van der Waals surface area (Å²) in [5, 5.41) is 7.29. The van der Waals surface area contributed by atoms with Crippen molar-refractivity contribution in [1.82, 2.24) is 19.1 Å². The van der Waals surface area contributed by atoms with Crippen molar-refractivity contribution in [2.24, 2.45) is 7.05 Å². The molecule has 0 amide bonds. The first-order valence-corrected chi connectivity index (χ1v) is 8.53. The summed E-state index contributed by atoms with van der Waals surface area (Å²) in [4.78, 5) is 12.8. The summed E-state index contributed by atoms with van der Waals surface area (Å²) in [6.07, 6.45) is 2.47. The number of H-pyrrole nitrogens is 1. The zero-order chi connectivity index (χ0) is 16.0. The second kappa shape index (κ2) is 5.43. The number of nitrogens with one attached hydrogen (secondary N) is 1. The number of aryl methyl sites for hydroxylation is 1. The van der Waals surface area contributed by atoms with E-state index >= 15 is 0 Å². The average molecular weight is 328 g/mol. The highest BCUT2D eigenvalue weighted by atomic mass is 32.2. The topological polar surface area (TPSA) is 71.0 Å². The Morgan fingerprint density at radius 3 is 2.83 bits per heavy atom. The van der Waals surface area contributed by atoms with E-state index in [1.807, 2.05) is 46.3 Å². The maximum atomic E-state index is 12.8. The Bertz CT molecular complexity index is 961. The van der Waals surface area contributed by atoms with Gasteiger partial charge in [0.15, 0.2) is 0 Å². The molecule has 1 unspecified atom stereocenters. The van der Waals surface area contributed by atoms with Gasteiger partial charge in [0.2, 0.25) is 0 Å². The first-order valence-electron chi connectivity index (χ1n) is 7.42. The molecule has 4 rings (SSSR count). The Morgan fingerprint density at radius 2 is 2.04 bits per heavy atom. The van der Waals surface area contributed by atoms with Gasteiger partial charge in [-0.25, -0.2) is 13.6 Å². The molecule has 0 bridgehead atoms. The monoisotopic (exact) mass is 328 g/mol. The van der Waals surface area contributed by atoms with Gasteiger partial charge in [0.25, 0.3) is 5.56 Å². The third-order valence-corrected chi connectivity index (χ3v) is 5.82. The molecule has 1 N–H and O–H groups in total. The number of hydrogen-bond donors (Lipinski definition) is 1. The van der Waals surface area contributed by atoms with Crippen LogP contribution in [0.3, 0.4) is 0 Å². The summed E-state index contributed by atoms with van der Waals surface area (Å²) in [5.74, 6) is 0. The third-order valence-electron chi connectivity index (χ3n) is 4.36. The van der Waals surface area contributed by atoms with E-state index in [-0.39, 0.29) is 5.56 Å². The van der Waals surface area contributed by atoms with Gasteiger partial charge in [0.1, 0.15) is 16.5 Å². The fourth-order valence-electron chi connectivity index (χ4n) is 3.23. The van der Waals surface area contributed by atoms with Gasteiger partial charge in [-0.15, -0.1) is 0 Å². The molecule has 0 fully saturated rings. The Hall–Kier alpha value is -2.25. The predicted octanol–water partition coefficient (Wildman–Crippen LogP) is 1.34. The SMILES string of the molecule is Cn1c2c(c3cn[nH]c(=O)c31)CCN(S(=O)c1ccccc1)C2. The van der Waals surface area contributed by atoms with Crippen LogP contribution in [-0.2, 0) is 31.0 Å². The molecule has 7 heteroatoms. The minimum atomic E-state index is -1.19. The molecule has 3 aromatic rings.